The molecule has 0 unspecified atom stereocenters. The van der Waals surface area contributed by atoms with E-state index in [4.69, 9.17) is 10.5 Å². The van der Waals surface area contributed by atoms with Crippen molar-refractivity contribution in [1.82, 2.24) is 15.1 Å². The molecule has 1 aromatic heterocycles. The quantitative estimate of drug-likeness (QED) is 0.594. The highest BCUT2D eigenvalue weighted by atomic mass is 16.5. The van der Waals surface area contributed by atoms with Crippen LogP contribution in [0.4, 0.5) is 11.5 Å². The van der Waals surface area contributed by atoms with Gasteiger partial charge in [0.1, 0.15) is 6.17 Å². The zero-order valence-corrected chi connectivity index (χ0v) is 19.1. The second-order valence-electron chi connectivity index (χ2n) is 8.83. The Morgan fingerprint density at radius 2 is 2.03 bits per heavy atom. The largest absolute Gasteiger partial charge is 0.378 e. The number of benzene rings is 2. The molecule has 0 spiro atoms. The number of nitriles is 1. The number of piperazine rings is 1. The number of hydrogen-bond donors (Lipinski definition) is 2. The van der Waals surface area contributed by atoms with Gasteiger partial charge in [0.05, 0.1) is 36.6 Å². The topological polar surface area (TPSA) is 103 Å². The van der Waals surface area contributed by atoms with Gasteiger partial charge in [-0.1, -0.05) is 18.2 Å². The summed E-state index contributed by atoms with van der Waals surface area (Å²) in [4.78, 5) is 4.95. The van der Waals surface area contributed by atoms with E-state index in [1.807, 2.05) is 26.0 Å². The Morgan fingerprint density at radius 1 is 1.15 bits per heavy atom. The second kappa shape index (κ2) is 8.94. The molecule has 3 heterocycles. The molecule has 0 saturated carbocycles. The molecular weight excluding hydrogens is 414 g/mol. The summed E-state index contributed by atoms with van der Waals surface area (Å²) in [7, 11) is 0. The fourth-order valence-corrected chi connectivity index (χ4v) is 4.90. The lowest BCUT2D eigenvalue weighted by molar-refractivity contribution is -0.0116. The highest BCUT2D eigenvalue weighted by Crippen LogP contribution is 2.31. The molecule has 0 amide bonds. The zero-order valence-electron chi connectivity index (χ0n) is 19.1. The van der Waals surface area contributed by atoms with Crippen LogP contribution in [0.25, 0.3) is 10.8 Å². The number of nitrogens with one attached hydrogen (secondary N) is 1. The van der Waals surface area contributed by atoms with E-state index in [0.29, 0.717) is 17.4 Å². The van der Waals surface area contributed by atoms with Gasteiger partial charge in [0.25, 0.3) is 0 Å². The summed E-state index contributed by atoms with van der Waals surface area (Å²) in [6.45, 7) is 9.51. The van der Waals surface area contributed by atoms with Crippen molar-refractivity contribution >= 4 is 22.3 Å². The molecule has 2 fully saturated rings. The number of anilines is 2. The SMILES string of the molecule is Cc1c(C#N)cccc1[C@@H](N)Nc1nnc(C)c2ccc(N3CCN4CCOC[C@@H]4C3)cc12. The van der Waals surface area contributed by atoms with Gasteiger partial charge >= 0.3 is 0 Å². The van der Waals surface area contributed by atoms with Crippen LogP contribution in [0.15, 0.2) is 36.4 Å². The lowest BCUT2D eigenvalue weighted by atomic mass is 10.0. The van der Waals surface area contributed by atoms with E-state index < -0.39 is 6.17 Å². The molecule has 2 aliphatic heterocycles. The van der Waals surface area contributed by atoms with Gasteiger partial charge < -0.3 is 20.7 Å². The fourth-order valence-electron chi connectivity index (χ4n) is 4.90. The molecule has 2 atom stereocenters. The molecule has 8 heteroatoms. The highest BCUT2D eigenvalue weighted by molar-refractivity contribution is 5.95. The monoisotopic (exact) mass is 443 g/mol. The molecular formula is C25H29N7O. The third kappa shape index (κ3) is 4.11. The van der Waals surface area contributed by atoms with Gasteiger partial charge in [-0.15, -0.1) is 5.10 Å². The summed E-state index contributed by atoms with van der Waals surface area (Å²) in [5, 5.41) is 23.5. The molecule has 2 saturated heterocycles. The van der Waals surface area contributed by atoms with Crippen molar-refractivity contribution < 1.29 is 4.74 Å². The van der Waals surface area contributed by atoms with Crippen LogP contribution in [0, 0.1) is 25.2 Å². The maximum atomic E-state index is 9.36. The minimum absolute atomic E-state index is 0.432. The van der Waals surface area contributed by atoms with E-state index >= 15 is 0 Å². The van der Waals surface area contributed by atoms with Crippen molar-refractivity contribution in [2.45, 2.75) is 26.1 Å². The van der Waals surface area contributed by atoms with Crippen molar-refractivity contribution in [2.75, 3.05) is 49.6 Å². The lowest BCUT2D eigenvalue weighted by Crippen LogP contribution is -2.58. The molecule has 33 heavy (non-hydrogen) atoms. The van der Waals surface area contributed by atoms with E-state index in [1.165, 1.54) is 5.69 Å². The molecule has 0 radical (unpaired) electrons. The van der Waals surface area contributed by atoms with Gasteiger partial charge in [-0.05, 0) is 43.2 Å². The Labute approximate surface area is 193 Å². The van der Waals surface area contributed by atoms with Crippen LogP contribution in [-0.4, -0.2) is 60.5 Å². The van der Waals surface area contributed by atoms with E-state index in [2.05, 4.69) is 49.6 Å². The van der Waals surface area contributed by atoms with Crippen molar-refractivity contribution in [3.05, 3.63) is 58.8 Å². The van der Waals surface area contributed by atoms with E-state index in [9.17, 15) is 5.26 Å². The summed E-state index contributed by atoms with van der Waals surface area (Å²) in [5.74, 6) is 0.645. The van der Waals surface area contributed by atoms with Gasteiger partial charge in [-0.25, -0.2) is 0 Å². The van der Waals surface area contributed by atoms with Crippen LogP contribution in [0.3, 0.4) is 0 Å². The molecule has 170 valence electrons. The number of aromatic nitrogens is 2. The van der Waals surface area contributed by atoms with Crippen molar-refractivity contribution in [3.63, 3.8) is 0 Å². The first-order valence-electron chi connectivity index (χ1n) is 11.4. The lowest BCUT2D eigenvalue weighted by Gasteiger charge is -2.44. The first-order valence-corrected chi connectivity index (χ1v) is 11.4. The predicted octanol–water partition coefficient (Wildman–Crippen LogP) is 2.71. The van der Waals surface area contributed by atoms with Gasteiger partial charge in [0, 0.05) is 42.6 Å². The zero-order chi connectivity index (χ0) is 22.9. The molecule has 3 N–H and O–H groups in total. The molecule has 5 rings (SSSR count). The molecule has 2 aromatic carbocycles. The summed E-state index contributed by atoms with van der Waals surface area (Å²) in [5.41, 5.74) is 10.9. The van der Waals surface area contributed by atoms with Crippen LogP contribution < -0.4 is 16.0 Å². The maximum Gasteiger partial charge on any atom is 0.158 e. The number of morpholine rings is 1. The van der Waals surface area contributed by atoms with Crippen molar-refractivity contribution in [3.8, 4) is 6.07 Å². The summed E-state index contributed by atoms with van der Waals surface area (Å²) in [6.07, 6.45) is -0.509. The number of aryl methyl sites for hydroxylation is 1. The van der Waals surface area contributed by atoms with Gasteiger partial charge in [0.15, 0.2) is 5.82 Å². The molecule has 3 aromatic rings. The Hall–Kier alpha value is -3.25. The van der Waals surface area contributed by atoms with Crippen LogP contribution in [-0.2, 0) is 4.74 Å². The summed E-state index contributed by atoms with van der Waals surface area (Å²) < 4.78 is 5.71. The van der Waals surface area contributed by atoms with Crippen LogP contribution >= 0.6 is 0 Å². The number of rotatable bonds is 4. The first-order chi connectivity index (χ1) is 16.0. The molecule has 0 aliphatic carbocycles. The average Bonchev–Trinajstić information content (AvgIpc) is 2.85. The van der Waals surface area contributed by atoms with Gasteiger partial charge in [-0.3, -0.25) is 4.90 Å². The predicted molar refractivity (Wildman–Crippen MR) is 129 cm³/mol. The Kier molecular flexibility index (Phi) is 5.85. The number of fused-ring (bicyclic) bond motifs is 2. The van der Waals surface area contributed by atoms with Crippen molar-refractivity contribution in [1.29, 1.82) is 5.26 Å². The number of nitrogens with two attached hydrogens (primary N) is 1. The fraction of sp³-hybridized carbons (Fsp3) is 0.400. The minimum atomic E-state index is -0.509. The van der Waals surface area contributed by atoms with E-state index in [1.54, 1.807) is 6.07 Å². The standard InChI is InChI=1S/C25H29N7O/c1-16-18(13-26)4-3-5-21(16)24(27)28-25-23-12-19(6-7-22(23)17(2)29-30-25)32-9-8-31-10-11-33-15-20(31)14-32/h3-7,12,20,24H,8-11,14-15,27H2,1-2H3,(H,28,30)/t20-,24-/m0/s1. The highest BCUT2D eigenvalue weighted by Gasteiger charge is 2.29. The average molecular weight is 444 g/mol. The molecule has 0 bridgehead atoms. The Morgan fingerprint density at radius 3 is 2.88 bits per heavy atom. The molecule has 2 aliphatic rings. The summed E-state index contributed by atoms with van der Waals surface area (Å²) in [6, 6.07) is 14.7. The second-order valence-corrected chi connectivity index (χ2v) is 8.83. The van der Waals surface area contributed by atoms with Gasteiger partial charge in [0.2, 0.25) is 0 Å². The first kappa shape index (κ1) is 21.6. The number of ether oxygens (including phenoxy) is 1. The van der Waals surface area contributed by atoms with E-state index in [0.717, 1.165) is 67.0 Å². The van der Waals surface area contributed by atoms with Crippen molar-refractivity contribution in [2.24, 2.45) is 5.73 Å². The maximum absolute atomic E-state index is 9.36. The van der Waals surface area contributed by atoms with Crippen LogP contribution in [0.5, 0.6) is 0 Å². The third-order valence-corrected chi connectivity index (χ3v) is 6.87. The van der Waals surface area contributed by atoms with Crippen LogP contribution in [0.1, 0.15) is 28.6 Å². The van der Waals surface area contributed by atoms with Gasteiger partial charge in [-0.2, -0.15) is 10.4 Å². The minimum Gasteiger partial charge on any atom is -0.378 e. The Balaban J connectivity index is 1.46. The summed E-state index contributed by atoms with van der Waals surface area (Å²) >= 11 is 0. The van der Waals surface area contributed by atoms with E-state index in [-0.39, 0.29) is 0 Å². The Bertz CT molecular complexity index is 1220. The third-order valence-electron chi connectivity index (χ3n) is 6.87. The number of nitrogens with zero attached hydrogens (tertiary/aromatic N) is 5. The number of hydrogen-bond acceptors (Lipinski definition) is 8. The molecule has 8 nitrogen and oxygen atoms in total. The van der Waals surface area contributed by atoms with Crippen LogP contribution in [0.2, 0.25) is 0 Å². The normalized spacial score (nSPS) is 19.7. The smallest absolute Gasteiger partial charge is 0.158 e.